The van der Waals surface area contributed by atoms with Gasteiger partial charge in [-0.15, -0.1) is 0 Å². The van der Waals surface area contributed by atoms with Gasteiger partial charge < -0.3 is 25.2 Å². The summed E-state index contributed by atoms with van der Waals surface area (Å²) in [6.07, 6.45) is 6.80. The van der Waals surface area contributed by atoms with Gasteiger partial charge in [0.05, 0.1) is 25.2 Å². The fraction of sp³-hybridized carbons (Fsp3) is 0.778. The molecule has 0 aromatic rings. The summed E-state index contributed by atoms with van der Waals surface area (Å²) in [7, 11) is 0. The Hall–Kier alpha value is -1.44. The van der Waals surface area contributed by atoms with Gasteiger partial charge in [0, 0.05) is 25.7 Å². The Morgan fingerprint density at radius 3 is 2.56 bits per heavy atom. The number of aliphatic hydroxyl groups excluding tert-OH is 1. The lowest BCUT2D eigenvalue weighted by atomic mass is 9.97. The van der Waals surface area contributed by atoms with E-state index in [1.165, 1.54) is 12.8 Å². The fourth-order valence-electron chi connectivity index (χ4n) is 3.21. The van der Waals surface area contributed by atoms with Crippen molar-refractivity contribution in [1.82, 2.24) is 10.6 Å². The number of carbonyl (C=O) groups is 2. The average Bonchev–Trinajstić information content (AvgIpc) is 3.46. The molecule has 3 rings (SSSR count). The largest absolute Gasteiger partial charge is 0.394 e. The second-order valence-electron chi connectivity index (χ2n) is 7.15. The Morgan fingerprint density at radius 2 is 1.88 bits per heavy atom. The van der Waals surface area contributed by atoms with E-state index >= 15 is 0 Å². The first-order chi connectivity index (χ1) is 12.2. The summed E-state index contributed by atoms with van der Waals surface area (Å²) in [5.74, 6) is 0.526. The van der Waals surface area contributed by atoms with Gasteiger partial charge in [0.2, 0.25) is 11.8 Å². The molecule has 0 unspecified atom stereocenters. The maximum Gasteiger partial charge on any atom is 0.223 e. The molecule has 0 spiro atoms. The van der Waals surface area contributed by atoms with Gasteiger partial charge in [0.15, 0.2) is 0 Å². The van der Waals surface area contributed by atoms with Gasteiger partial charge in [-0.1, -0.05) is 12.2 Å². The quantitative estimate of drug-likeness (QED) is 0.566. The summed E-state index contributed by atoms with van der Waals surface area (Å²) in [4.78, 5) is 24.3. The van der Waals surface area contributed by atoms with Crippen molar-refractivity contribution in [3.63, 3.8) is 0 Å². The maximum atomic E-state index is 12.3. The van der Waals surface area contributed by atoms with Crippen LogP contribution < -0.4 is 10.6 Å². The first kappa shape index (κ1) is 18.4. The fourth-order valence-corrected chi connectivity index (χ4v) is 3.21. The molecule has 1 saturated heterocycles. The standard InChI is InChI=1S/C18H28N2O5/c21-11-16-15(20-18(23)13-5-7-24-8-6-13)4-3-14(25-16)9-17(22)19-10-12-1-2-12/h3-4,12-16,21H,1-2,5-11H2,(H,19,22)(H,20,23)/t14-,15+,16+/m1/s1. The highest BCUT2D eigenvalue weighted by molar-refractivity contribution is 5.79. The van der Waals surface area contributed by atoms with Crippen LogP contribution in [0, 0.1) is 11.8 Å². The Labute approximate surface area is 148 Å². The molecular formula is C18H28N2O5. The van der Waals surface area contributed by atoms with Crippen molar-refractivity contribution in [3.05, 3.63) is 12.2 Å². The summed E-state index contributed by atoms with van der Waals surface area (Å²) in [6, 6.07) is -0.369. The van der Waals surface area contributed by atoms with E-state index in [9.17, 15) is 14.7 Å². The average molecular weight is 352 g/mol. The zero-order chi connectivity index (χ0) is 17.6. The Morgan fingerprint density at radius 1 is 1.12 bits per heavy atom. The molecule has 140 valence electrons. The molecule has 2 amide bonds. The van der Waals surface area contributed by atoms with E-state index in [1.807, 2.05) is 6.08 Å². The lowest BCUT2D eigenvalue weighted by molar-refractivity contribution is -0.132. The minimum Gasteiger partial charge on any atom is -0.394 e. The zero-order valence-electron chi connectivity index (χ0n) is 14.5. The smallest absolute Gasteiger partial charge is 0.223 e. The third-order valence-electron chi connectivity index (χ3n) is 5.04. The number of ether oxygens (including phenoxy) is 2. The molecule has 2 aliphatic heterocycles. The monoisotopic (exact) mass is 352 g/mol. The van der Waals surface area contributed by atoms with Crippen molar-refractivity contribution >= 4 is 11.8 Å². The van der Waals surface area contributed by atoms with E-state index in [0.717, 1.165) is 19.4 Å². The van der Waals surface area contributed by atoms with Crippen LogP contribution in [0.3, 0.4) is 0 Å². The van der Waals surface area contributed by atoms with Crippen LogP contribution >= 0.6 is 0 Å². The molecule has 25 heavy (non-hydrogen) atoms. The highest BCUT2D eigenvalue weighted by Crippen LogP contribution is 2.27. The van der Waals surface area contributed by atoms with E-state index in [-0.39, 0.29) is 42.9 Å². The van der Waals surface area contributed by atoms with Crippen LogP contribution in [0.4, 0.5) is 0 Å². The van der Waals surface area contributed by atoms with Gasteiger partial charge in [0.25, 0.3) is 0 Å². The highest BCUT2D eigenvalue weighted by Gasteiger charge is 2.31. The molecule has 2 fully saturated rings. The number of nitrogens with one attached hydrogen (secondary N) is 2. The molecule has 0 aromatic heterocycles. The number of amides is 2. The predicted octanol–water partition coefficient (Wildman–Crippen LogP) is 0.130. The van der Waals surface area contributed by atoms with Gasteiger partial charge in [-0.3, -0.25) is 9.59 Å². The molecule has 0 radical (unpaired) electrons. The molecule has 7 heteroatoms. The molecule has 3 N–H and O–H groups in total. The van der Waals surface area contributed by atoms with E-state index in [4.69, 9.17) is 9.47 Å². The van der Waals surface area contributed by atoms with Gasteiger partial charge in [-0.05, 0) is 31.6 Å². The topological polar surface area (TPSA) is 96.9 Å². The third-order valence-corrected chi connectivity index (χ3v) is 5.04. The molecule has 1 aliphatic carbocycles. The van der Waals surface area contributed by atoms with Crippen LogP contribution in [0.5, 0.6) is 0 Å². The molecule has 3 atom stereocenters. The van der Waals surface area contributed by atoms with Crippen molar-refractivity contribution in [3.8, 4) is 0 Å². The van der Waals surface area contributed by atoms with Crippen LogP contribution in [0.2, 0.25) is 0 Å². The number of hydrogen-bond donors (Lipinski definition) is 3. The van der Waals surface area contributed by atoms with Crippen LogP contribution in [0.1, 0.15) is 32.1 Å². The maximum absolute atomic E-state index is 12.3. The van der Waals surface area contributed by atoms with Gasteiger partial charge in [0.1, 0.15) is 6.10 Å². The van der Waals surface area contributed by atoms with Crippen LogP contribution in [0.15, 0.2) is 12.2 Å². The molecule has 0 aromatic carbocycles. The lowest BCUT2D eigenvalue weighted by Crippen LogP contribution is -2.50. The van der Waals surface area contributed by atoms with Crippen molar-refractivity contribution in [2.75, 3.05) is 26.4 Å². The van der Waals surface area contributed by atoms with E-state index in [2.05, 4.69) is 10.6 Å². The lowest BCUT2D eigenvalue weighted by Gasteiger charge is -2.33. The number of hydrogen-bond acceptors (Lipinski definition) is 5. The summed E-state index contributed by atoms with van der Waals surface area (Å²) in [5.41, 5.74) is 0. The van der Waals surface area contributed by atoms with Crippen LogP contribution in [0.25, 0.3) is 0 Å². The molecule has 2 heterocycles. The molecule has 0 bridgehead atoms. The SMILES string of the molecule is O=C(C[C@H]1C=C[C@H](NC(=O)C2CCOCC2)[C@H](CO)O1)NCC1CC1. The second-order valence-corrected chi connectivity index (χ2v) is 7.15. The minimum absolute atomic E-state index is 0.0272. The summed E-state index contributed by atoms with van der Waals surface area (Å²) in [5, 5.41) is 15.4. The van der Waals surface area contributed by atoms with Crippen LogP contribution in [-0.2, 0) is 19.1 Å². The first-order valence-corrected chi connectivity index (χ1v) is 9.25. The summed E-state index contributed by atoms with van der Waals surface area (Å²) >= 11 is 0. The van der Waals surface area contributed by atoms with Gasteiger partial charge >= 0.3 is 0 Å². The molecule has 3 aliphatic rings. The number of carbonyl (C=O) groups excluding carboxylic acids is 2. The Balaban J connectivity index is 1.47. The minimum atomic E-state index is -0.532. The van der Waals surface area contributed by atoms with Gasteiger partial charge in [-0.25, -0.2) is 0 Å². The molecule has 1 saturated carbocycles. The number of rotatable bonds is 7. The van der Waals surface area contributed by atoms with Crippen molar-refractivity contribution in [2.45, 2.75) is 50.4 Å². The third kappa shape index (κ3) is 5.52. The Kier molecular flexibility index (Phi) is 6.45. The van der Waals surface area contributed by atoms with E-state index < -0.39 is 6.10 Å². The molecule has 7 nitrogen and oxygen atoms in total. The van der Waals surface area contributed by atoms with E-state index in [1.54, 1.807) is 6.08 Å². The Bertz CT molecular complexity index is 500. The summed E-state index contributed by atoms with van der Waals surface area (Å²) < 4.78 is 11.1. The predicted molar refractivity (Wildman–Crippen MR) is 90.7 cm³/mol. The van der Waals surface area contributed by atoms with Crippen molar-refractivity contribution in [1.29, 1.82) is 0 Å². The first-order valence-electron chi connectivity index (χ1n) is 9.25. The zero-order valence-corrected chi connectivity index (χ0v) is 14.5. The van der Waals surface area contributed by atoms with Gasteiger partial charge in [-0.2, -0.15) is 0 Å². The van der Waals surface area contributed by atoms with E-state index in [0.29, 0.717) is 19.1 Å². The molecular weight excluding hydrogens is 324 g/mol. The van der Waals surface area contributed by atoms with Crippen molar-refractivity contribution in [2.24, 2.45) is 11.8 Å². The summed E-state index contributed by atoms with van der Waals surface area (Å²) in [6.45, 7) is 1.75. The van der Waals surface area contributed by atoms with Crippen molar-refractivity contribution < 1.29 is 24.2 Å². The second kappa shape index (κ2) is 8.78. The normalized spacial score (nSPS) is 30.0. The number of aliphatic hydroxyl groups is 1. The van der Waals surface area contributed by atoms with Crippen LogP contribution in [-0.4, -0.2) is 61.5 Å². The highest BCUT2D eigenvalue weighted by atomic mass is 16.5.